The minimum Gasteiger partial charge on any atom is -0.554 e. The molecule has 0 spiro atoms. The molecule has 5 nitrogen and oxygen atoms in total. The summed E-state index contributed by atoms with van der Waals surface area (Å²) in [6.45, 7) is 2.47. The van der Waals surface area contributed by atoms with Crippen LogP contribution in [0, 0.1) is 0 Å². The van der Waals surface area contributed by atoms with E-state index in [1.54, 1.807) is 0 Å². The molecule has 0 heterocycles. The standard InChI is InChI=1S/C2H4O2.CH2O2.CH2O.2Al/c1-2(3)4;2-1-3;1-2;;/h1H3,(H,3,4);1H,(H,2,3);1H2;;/q;;;2*+3/p-2. The average molecular weight is 188 g/mol. The Labute approximate surface area is 85.7 Å². The third-order valence-electron chi connectivity index (χ3n) is 0. The van der Waals surface area contributed by atoms with Gasteiger partial charge in [-0.3, -0.25) is 0 Å². The molecule has 0 atom stereocenters. The molecule has 7 heteroatoms. The number of hydrogen-bond acceptors (Lipinski definition) is 5. The molecule has 54 valence electrons. The molecule has 0 aliphatic carbocycles. The molecule has 0 aliphatic heterocycles. The van der Waals surface area contributed by atoms with Crippen LogP contribution >= 0.6 is 0 Å². The van der Waals surface area contributed by atoms with Crippen LogP contribution in [0.5, 0.6) is 0 Å². The Balaban J connectivity index is -0.0000000158. The van der Waals surface area contributed by atoms with E-state index < -0.39 is 12.4 Å². The normalized spacial score (nSPS) is 3.73. The van der Waals surface area contributed by atoms with Crippen LogP contribution in [0.3, 0.4) is 0 Å². The van der Waals surface area contributed by atoms with Crippen LogP contribution in [0.2, 0.25) is 0 Å². The Morgan fingerprint density at radius 1 is 1.36 bits per heavy atom. The molecule has 0 bridgehead atoms. The number of aliphatic carboxylic acids is 1. The number of carboxylic acids is 1. The molecule has 0 rings (SSSR count). The van der Waals surface area contributed by atoms with Gasteiger partial charge < -0.3 is 24.6 Å². The van der Waals surface area contributed by atoms with E-state index in [2.05, 4.69) is 0 Å². The van der Waals surface area contributed by atoms with Gasteiger partial charge in [0.05, 0.1) is 0 Å². The molecule has 0 aromatic carbocycles. The van der Waals surface area contributed by atoms with Crippen molar-refractivity contribution < 1.29 is 24.6 Å². The van der Waals surface area contributed by atoms with Crippen LogP contribution in [-0.4, -0.2) is 54.0 Å². The van der Waals surface area contributed by atoms with Gasteiger partial charge in [-0.15, -0.1) is 0 Å². The summed E-state index contributed by atoms with van der Waals surface area (Å²) in [4.78, 5) is 25.1. The molecule has 0 radical (unpaired) electrons. The summed E-state index contributed by atoms with van der Waals surface area (Å²) in [5.74, 6) is -1.08. The summed E-state index contributed by atoms with van der Waals surface area (Å²) in [5.41, 5.74) is 0. The maximum absolute atomic E-state index is 8.89. The van der Waals surface area contributed by atoms with Gasteiger partial charge in [0.25, 0.3) is 0 Å². The van der Waals surface area contributed by atoms with Crippen molar-refractivity contribution in [1.82, 2.24) is 0 Å². The van der Waals surface area contributed by atoms with Gasteiger partial charge in [-0.2, -0.15) is 0 Å². The quantitative estimate of drug-likeness (QED) is 0.286. The zero-order valence-electron chi connectivity index (χ0n) is 5.98. The summed E-state index contributed by atoms with van der Waals surface area (Å²) in [7, 11) is 0. The maximum atomic E-state index is 8.89. The van der Waals surface area contributed by atoms with E-state index in [0.29, 0.717) is 0 Å². The Morgan fingerprint density at radius 2 is 1.36 bits per heavy atom. The van der Waals surface area contributed by atoms with Crippen molar-refractivity contribution in [1.29, 1.82) is 0 Å². The Morgan fingerprint density at radius 3 is 1.36 bits per heavy atom. The molecule has 0 unspecified atom stereocenters. The summed E-state index contributed by atoms with van der Waals surface area (Å²) < 4.78 is 0. The van der Waals surface area contributed by atoms with E-state index in [-0.39, 0.29) is 34.7 Å². The van der Waals surface area contributed by atoms with E-state index in [1.165, 1.54) is 0 Å². The maximum Gasteiger partial charge on any atom is 3.00 e. The Hall–Kier alpha value is -0.325. The molecule has 0 saturated carbocycles. The van der Waals surface area contributed by atoms with Gasteiger partial charge in [0.2, 0.25) is 0 Å². The fourth-order valence-electron chi connectivity index (χ4n) is 0. The zero-order chi connectivity index (χ0) is 8.28. The van der Waals surface area contributed by atoms with Crippen LogP contribution in [0.25, 0.3) is 0 Å². The monoisotopic (exact) mass is 188 g/mol. The predicted octanol–water partition coefficient (Wildman–Crippen LogP) is -3.82. The van der Waals surface area contributed by atoms with Crippen molar-refractivity contribution >= 4 is 54.0 Å². The first-order valence-electron chi connectivity index (χ1n) is 1.67. The third-order valence-corrected chi connectivity index (χ3v) is 0. The first kappa shape index (κ1) is 31.0. The number of hydrogen-bond donors (Lipinski definition) is 0. The predicted molar refractivity (Wildman–Crippen MR) is 35.4 cm³/mol. The minimum absolute atomic E-state index is 0. The van der Waals surface area contributed by atoms with E-state index >= 15 is 0 Å². The van der Waals surface area contributed by atoms with E-state index in [4.69, 9.17) is 24.6 Å². The van der Waals surface area contributed by atoms with Crippen LogP contribution < -0.4 is 10.2 Å². The van der Waals surface area contributed by atoms with Crippen LogP contribution in [0.1, 0.15) is 6.92 Å². The van der Waals surface area contributed by atoms with Crippen molar-refractivity contribution in [3.63, 3.8) is 0 Å². The number of carbonyl (C=O) groups is 3. The molecule has 0 aromatic heterocycles. The first-order valence-corrected chi connectivity index (χ1v) is 1.67. The fourth-order valence-corrected chi connectivity index (χ4v) is 0. The van der Waals surface area contributed by atoms with Crippen molar-refractivity contribution in [3.8, 4) is 0 Å². The minimum atomic E-state index is -1.08. The second kappa shape index (κ2) is 53.9. The topological polar surface area (TPSA) is 97.3 Å². The number of rotatable bonds is 0. The Bertz CT molecular complexity index is 72.9. The largest absolute Gasteiger partial charge is 3.00 e. The first-order chi connectivity index (χ1) is 4.15. The van der Waals surface area contributed by atoms with Crippen molar-refractivity contribution in [2.45, 2.75) is 6.92 Å². The van der Waals surface area contributed by atoms with E-state index in [0.717, 1.165) is 6.92 Å². The summed E-state index contributed by atoms with van der Waals surface area (Å²) >= 11 is 0. The van der Waals surface area contributed by atoms with E-state index in [9.17, 15) is 0 Å². The van der Waals surface area contributed by atoms with Crippen LogP contribution in [0.4, 0.5) is 0 Å². The van der Waals surface area contributed by atoms with Gasteiger partial charge in [0, 0.05) is 12.4 Å². The van der Waals surface area contributed by atoms with E-state index in [1.807, 2.05) is 6.79 Å². The molecule has 0 N–H and O–H groups in total. The summed E-state index contributed by atoms with van der Waals surface area (Å²) in [6, 6.07) is 0. The van der Waals surface area contributed by atoms with Gasteiger partial charge in [-0.05, 0) is 6.92 Å². The molecular formula is C4H6Al2O5+4. The fraction of sp³-hybridized carbons (Fsp3) is 0.250. The molecule has 0 saturated heterocycles. The number of carbonyl (C=O) groups excluding carboxylic acids is 3. The second-order valence-electron chi connectivity index (χ2n) is 0.588. The average Bonchev–Trinajstić information content (AvgIpc) is 1.71. The van der Waals surface area contributed by atoms with Gasteiger partial charge >= 0.3 is 34.7 Å². The van der Waals surface area contributed by atoms with Gasteiger partial charge in [0.1, 0.15) is 6.79 Å². The molecular weight excluding hydrogens is 182 g/mol. The smallest absolute Gasteiger partial charge is 0.554 e. The summed E-state index contributed by atoms with van der Waals surface area (Å²) in [5, 5.41) is 17.1. The number of carboxylic acid groups (broad SMARTS) is 2. The molecule has 0 aromatic rings. The van der Waals surface area contributed by atoms with Crippen LogP contribution in [0.15, 0.2) is 0 Å². The van der Waals surface area contributed by atoms with Crippen LogP contribution in [-0.2, 0) is 14.4 Å². The Kier molecular flexibility index (Phi) is 152. The van der Waals surface area contributed by atoms with Crippen molar-refractivity contribution in [2.75, 3.05) is 0 Å². The summed E-state index contributed by atoms with van der Waals surface area (Å²) in [6.07, 6.45) is 0. The SMILES string of the molecule is C=O.CC(=O)[O-].O=C[O-].[Al+3].[Al+3]. The zero-order valence-corrected chi connectivity index (χ0v) is 8.29. The second-order valence-corrected chi connectivity index (χ2v) is 0.588. The molecule has 0 fully saturated rings. The van der Waals surface area contributed by atoms with Gasteiger partial charge in [-0.1, -0.05) is 0 Å². The molecule has 0 aliphatic rings. The van der Waals surface area contributed by atoms with Crippen molar-refractivity contribution in [3.05, 3.63) is 0 Å². The molecule has 11 heavy (non-hydrogen) atoms. The van der Waals surface area contributed by atoms with Crippen molar-refractivity contribution in [2.24, 2.45) is 0 Å². The van der Waals surface area contributed by atoms with Gasteiger partial charge in [-0.25, -0.2) is 0 Å². The van der Waals surface area contributed by atoms with Gasteiger partial charge in [0.15, 0.2) is 0 Å². The molecule has 0 amide bonds. The third kappa shape index (κ3) is 5390.